The summed E-state index contributed by atoms with van der Waals surface area (Å²) >= 11 is 0. The zero-order valence-electron chi connectivity index (χ0n) is 15.2. The van der Waals surface area contributed by atoms with Crippen LogP contribution in [0.5, 0.6) is 5.88 Å². The molecule has 3 heterocycles. The fraction of sp³-hybridized carbons (Fsp3) is 0.412. The Bertz CT molecular complexity index is 1020. The van der Waals surface area contributed by atoms with Crippen molar-refractivity contribution in [1.29, 1.82) is 0 Å². The number of carbonyl (C=O) groups is 1. The molecule has 0 bridgehead atoms. The molecule has 156 valence electrons. The van der Waals surface area contributed by atoms with Gasteiger partial charge < -0.3 is 8.92 Å². The lowest BCUT2D eigenvalue weighted by Gasteiger charge is -2.14. The van der Waals surface area contributed by atoms with Crippen LogP contribution < -0.4 is 4.18 Å². The molecule has 0 saturated heterocycles. The maximum atomic E-state index is 12.8. The summed E-state index contributed by atoms with van der Waals surface area (Å²) in [6.07, 6.45) is 3.23. The number of pyridine rings is 1. The van der Waals surface area contributed by atoms with Crippen molar-refractivity contribution >= 4 is 15.9 Å². The Morgan fingerprint density at radius 3 is 2.59 bits per heavy atom. The quantitative estimate of drug-likeness (QED) is 0.402. The van der Waals surface area contributed by atoms with Crippen LogP contribution in [-0.4, -0.2) is 47.9 Å². The van der Waals surface area contributed by atoms with Gasteiger partial charge in [-0.05, 0) is 18.9 Å². The number of carbonyl (C=O) groups excluding carboxylic acids is 1. The minimum atomic E-state index is -5.92. The molecule has 0 spiro atoms. The number of alkyl halides is 3. The Balaban J connectivity index is 2.00. The van der Waals surface area contributed by atoms with Crippen molar-refractivity contribution in [2.24, 2.45) is 0 Å². The summed E-state index contributed by atoms with van der Waals surface area (Å²) in [4.78, 5) is 24.8. The van der Waals surface area contributed by atoms with Crippen LogP contribution in [0, 0.1) is 6.92 Å². The lowest BCUT2D eigenvalue weighted by atomic mass is 9.97. The van der Waals surface area contributed by atoms with E-state index in [2.05, 4.69) is 19.1 Å². The van der Waals surface area contributed by atoms with Gasteiger partial charge >= 0.3 is 15.6 Å². The number of halogens is 3. The van der Waals surface area contributed by atoms with Crippen LogP contribution in [0.4, 0.5) is 13.2 Å². The van der Waals surface area contributed by atoms with Crippen LogP contribution in [0.25, 0.3) is 0 Å². The Morgan fingerprint density at radius 1 is 1.21 bits per heavy atom. The Labute approximate surface area is 164 Å². The molecule has 8 nitrogen and oxygen atoms in total. The Morgan fingerprint density at radius 2 is 1.93 bits per heavy atom. The van der Waals surface area contributed by atoms with E-state index in [1.54, 1.807) is 6.92 Å². The van der Waals surface area contributed by atoms with Crippen LogP contribution in [0.1, 0.15) is 33.0 Å². The minimum absolute atomic E-state index is 0.0234. The van der Waals surface area contributed by atoms with Crippen molar-refractivity contribution in [3.8, 4) is 5.88 Å². The van der Waals surface area contributed by atoms with Gasteiger partial charge in [-0.25, -0.2) is 4.98 Å². The van der Waals surface area contributed by atoms with Crippen molar-refractivity contribution in [2.75, 3.05) is 13.2 Å². The zero-order valence-corrected chi connectivity index (χ0v) is 16.0. The monoisotopic (exact) mass is 431 g/mol. The normalized spacial score (nSPS) is 14.8. The van der Waals surface area contributed by atoms with Crippen LogP contribution in [0.3, 0.4) is 0 Å². The molecule has 12 heteroatoms. The van der Waals surface area contributed by atoms with E-state index in [1.165, 1.54) is 12.4 Å². The van der Waals surface area contributed by atoms with E-state index in [1.807, 2.05) is 0 Å². The Kier molecular flexibility index (Phi) is 5.85. The SMILES string of the molecule is Cc1cnc(CC(=O)c2cc(OS(=O)(=O)C(F)(F)F)nc3c2CCOCC3)cn1. The summed E-state index contributed by atoms with van der Waals surface area (Å²) in [5, 5.41) is 0. The van der Waals surface area contributed by atoms with Crippen LogP contribution in [0.15, 0.2) is 18.5 Å². The molecule has 0 aliphatic carbocycles. The second-order valence-electron chi connectivity index (χ2n) is 6.28. The fourth-order valence-corrected chi connectivity index (χ4v) is 3.16. The van der Waals surface area contributed by atoms with Gasteiger partial charge in [0, 0.05) is 30.4 Å². The molecular formula is C17H16F3N3O5S. The zero-order chi connectivity index (χ0) is 21.2. The molecule has 2 aromatic rings. The van der Waals surface area contributed by atoms with Crippen molar-refractivity contribution in [3.63, 3.8) is 0 Å². The van der Waals surface area contributed by atoms with Crippen molar-refractivity contribution in [1.82, 2.24) is 15.0 Å². The van der Waals surface area contributed by atoms with Crippen LogP contribution in [0.2, 0.25) is 0 Å². The lowest BCUT2D eigenvalue weighted by Crippen LogP contribution is -2.28. The van der Waals surface area contributed by atoms with Gasteiger partial charge in [0.05, 0.1) is 36.7 Å². The van der Waals surface area contributed by atoms with E-state index < -0.39 is 27.3 Å². The third kappa shape index (κ3) is 4.88. The third-order valence-corrected chi connectivity index (χ3v) is 5.08. The second-order valence-corrected chi connectivity index (χ2v) is 7.82. The predicted molar refractivity (Wildman–Crippen MR) is 92.9 cm³/mol. The van der Waals surface area contributed by atoms with E-state index >= 15 is 0 Å². The first-order valence-electron chi connectivity index (χ1n) is 8.49. The van der Waals surface area contributed by atoms with Gasteiger partial charge in [0.2, 0.25) is 5.88 Å². The van der Waals surface area contributed by atoms with Crippen LogP contribution >= 0.6 is 0 Å². The van der Waals surface area contributed by atoms with E-state index in [0.717, 1.165) is 6.07 Å². The first kappa shape index (κ1) is 21.1. The molecule has 1 aliphatic rings. The van der Waals surface area contributed by atoms with Gasteiger partial charge in [0.1, 0.15) is 0 Å². The molecule has 0 unspecified atom stereocenters. The maximum Gasteiger partial charge on any atom is 0.534 e. The standard InChI is InChI=1S/C17H16F3N3O5S/c1-10-8-22-11(9-21-10)6-15(24)13-7-16(28-29(25,26)17(18,19)20)23-14-3-5-27-4-2-12(13)14/h7-9H,2-6H2,1H3. The van der Waals surface area contributed by atoms with Gasteiger partial charge in [-0.15, -0.1) is 0 Å². The summed E-state index contributed by atoms with van der Waals surface area (Å²) in [6, 6.07) is 0.914. The molecule has 29 heavy (non-hydrogen) atoms. The number of nitrogens with zero attached hydrogens (tertiary/aromatic N) is 3. The molecule has 0 radical (unpaired) electrons. The number of fused-ring (bicyclic) bond motifs is 1. The second kappa shape index (κ2) is 8.03. The molecule has 3 rings (SSSR count). The highest BCUT2D eigenvalue weighted by atomic mass is 32.2. The average molecular weight is 431 g/mol. The van der Waals surface area contributed by atoms with E-state index in [4.69, 9.17) is 4.74 Å². The summed E-state index contributed by atoms with van der Waals surface area (Å²) < 4.78 is 70.1. The lowest BCUT2D eigenvalue weighted by molar-refractivity contribution is -0.0501. The number of Topliss-reactive ketones (excluding diaryl/α,β-unsaturated/α-hetero) is 1. The smallest absolute Gasteiger partial charge is 0.381 e. The molecule has 1 aliphatic heterocycles. The molecule has 2 aromatic heterocycles. The number of ketones is 1. The number of ether oxygens (including phenoxy) is 1. The number of hydrogen-bond donors (Lipinski definition) is 0. The van der Waals surface area contributed by atoms with E-state index in [-0.39, 0.29) is 30.7 Å². The van der Waals surface area contributed by atoms with Gasteiger partial charge in [0.25, 0.3) is 0 Å². The number of hydrogen-bond acceptors (Lipinski definition) is 8. The highest BCUT2D eigenvalue weighted by molar-refractivity contribution is 7.87. The van der Waals surface area contributed by atoms with Gasteiger partial charge in [-0.1, -0.05) is 0 Å². The number of aryl methyl sites for hydroxylation is 1. The van der Waals surface area contributed by atoms with E-state index in [0.29, 0.717) is 30.0 Å². The third-order valence-electron chi connectivity index (χ3n) is 4.12. The van der Waals surface area contributed by atoms with Crippen LogP contribution in [-0.2, 0) is 34.1 Å². The molecule has 0 N–H and O–H groups in total. The molecular weight excluding hydrogens is 415 g/mol. The van der Waals surface area contributed by atoms with Crippen molar-refractivity contribution in [3.05, 3.63) is 46.7 Å². The fourth-order valence-electron chi connectivity index (χ4n) is 2.75. The predicted octanol–water partition coefficient (Wildman–Crippen LogP) is 1.95. The topological polar surface area (TPSA) is 108 Å². The van der Waals surface area contributed by atoms with Gasteiger partial charge in [-0.3, -0.25) is 14.8 Å². The highest BCUT2D eigenvalue weighted by Crippen LogP contribution is 2.29. The Hall–Kier alpha value is -2.60. The highest BCUT2D eigenvalue weighted by Gasteiger charge is 2.49. The molecule has 0 amide bonds. The molecule has 0 atom stereocenters. The first-order chi connectivity index (χ1) is 13.6. The number of aromatic nitrogens is 3. The summed E-state index contributed by atoms with van der Waals surface area (Å²) in [7, 11) is -5.92. The first-order valence-corrected chi connectivity index (χ1v) is 9.89. The molecule has 0 saturated carbocycles. The summed E-state index contributed by atoms with van der Waals surface area (Å²) in [6.45, 7) is 2.25. The largest absolute Gasteiger partial charge is 0.534 e. The average Bonchev–Trinajstić information content (AvgIpc) is 2.87. The summed E-state index contributed by atoms with van der Waals surface area (Å²) in [5.41, 5.74) is -3.83. The van der Waals surface area contributed by atoms with Gasteiger partial charge in [0.15, 0.2) is 5.78 Å². The number of rotatable bonds is 5. The maximum absolute atomic E-state index is 12.8. The molecule has 0 aromatic carbocycles. The van der Waals surface area contributed by atoms with E-state index in [9.17, 15) is 26.4 Å². The van der Waals surface area contributed by atoms with Crippen molar-refractivity contribution < 1.29 is 35.3 Å². The minimum Gasteiger partial charge on any atom is -0.381 e. The van der Waals surface area contributed by atoms with Crippen molar-refractivity contribution in [2.45, 2.75) is 31.7 Å². The molecule has 0 fully saturated rings. The van der Waals surface area contributed by atoms with Gasteiger partial charge in [-0.2, -0.15) is 21.6 Å². The summed E-state index contributed by atoms with van der Waals surface area (Å²) in [5.74, 6) is -1.29.